The van der Waals surface area contributed by atoms with Crippen LogP contribution in [0.25, 0.3) is 22.2 Å². The average molecular weight is 675 g/mol. The predicted octanol–water partition coefficient (Wildman–Crippen LogP) is 4.74. The highest BCUT2D eigenvalue weighted by Gasteiger charge is 2.47. The van der Waals surface area contributed by atoms with Crippen molar-refractivity contribution in [2.24, 2.45) is 0 Å². The standard InChI is InChI=1S/C31H31F5N8O2S/c1-3-43(30-38-27(24(13-37)47-30)18-5-7-19(32)8-6-18)29-22-11-20(12-23(33)28(22)39-44(29)4-2)40-9-10-41(25(16-40)31(34,35)36)17-26(46)42-14-21(45)15-42/h5-8,11-12,21,25,45H,3-4,9-10,14-17H2,1-2H3/t25-/m0/s1. The van der Waals surface area contributed by atoms with Gasteiger partial charge in [0, 0.05) is 62.5 Å². The van der Waals surface area contributed by atoms with Gasteiger partial charge >= 0.3 is 6.18 Å². The lowest BCUT2D eigenvalue weighted by atomic mass is 10.1. The first-order valence-electron chi connectivity index (χ1n) is 15.1. The summed E-state index contributed by atoms with van der Waals surface area (Å²) in [5, 5.41) is 24.6. The lowest BCUT2D eigenvalue weighted by Crippen LogP contribution is -2.63. The Kier molecular flexibility index (Phi) is 8.81. The minimum atomic E-state index is -4.65. The zero-order valence-electron chi connectivity index (χ0n) is 25.5. The number of hydrogen-bond donors (Lipinski definition) is 1. The number of piperazine rings is 1. The number of carbonyl (C=O) groups excluding carboxylic acids is 1. The lowest BCUT2D eigenvalue weighted by molar-refractivity contribution is -0.187. The van der Waals surface area contributed by atoms with Crippen LogP contribution in [0.15, 0.2) is 36.4 Å². The Labute approximate surface area is 270 Å². The van der Waals surface area contributed by atoms with E-state index in [0.717, 1.165) is 16.2 Å². The molecule has 2 aliphatic rings. The number of nitrogens with zero attached hydrogens (tertiary/aromatic N) is 8. The molecule has 0 saturated carbocycles. The smallest absolute Gasteiger partial charge is 0.389 e. The molecule has 1 amide bonds. The first-order valence-corrected chi connectivity index (χ1v) is 15.9. The molecule has 6 rings (SSSR count). The molecular weight excluding hydrogens is 643 g/mol. The quantitative estimate of drug-likeness (QED) is 0.268. The van der Waals surface area contributed by atoms with E-state index < -0.39 is 49.0 Å². The van der Waals surface area contributed by atoms with Crippen molar-refractivity contribution in [3.05, 3.63) is 52.9 Å². The highest BCUT2D eigenvalue weighted by atomic mass is 32.1. The lowest BCUT2D eigenvalue weighted by Gasteiger charge is -2.44. The van der Waals surface area contributed by atoms with Crippen LogP contribution in [0.4, 0.5) is 38.6 Å². The third-order valence-corrected chi connectivity index (χ3v) is 9.46. The Morgan fingerprint density at radius 2 is 1.85 bits per heavy atom. The van der Waals surface area contributed by atoms with E-state index in [1.807, 2.05) is 13.8 Å². The second kappa shape index (κ2) is 12.7. The number of benzene rings is 2. The fourth-order valence-electron chi connectivity index (χ4n) is 6.02. The molecule has 1 N–H and O–H groups in total. The molecule has 2 aromatic heterocycles. The zero-order valence-corrected chi connectivity index (χ0v) is 26.3. The van der Waals surface area contributed by atoms with Gasteiger partial charge in [-0.2, -0.15) is 23.5 Å². The summed E-state index contributed by atoms with van der Waals surface area (Å²) >= 11 is 1.11. The van der Waals surface area contributed by atoms with E-state index in [1.54, 1.807) is 15.6 Å². The van der Waals surface area contributed by atoms with Gasteiger partial charge in [0.25, 0.3) is 0 Å². The molecule has 2 aromatic carbocycles. The number of aryl methyl sites for hydroxylation is 1. The third-order valence-electron chi connectivity index (χ3n) is 8.48. The Balaban J connectivity index is 1.35. The van der Waals surface area contributed by atoms with Crippen molar-refractivity contribution in [3.63, 3.8) is 0 Å². The van der Waals surface area contributed by atoms with Crippen molar-refractivity contribution in [3.8, 4) is 17.3 Å². The number of hydrogen-bond acceptors (Lipinski definition) is 9. The summed E-state index contributed by atoms with van der Waals surface area (Å²) in [6.07, 6.45) is -5.32. The highest BCUT2D eigenvalue weighted by molar-refractivity contribution is 7.16. The molecule has 0 aliphatic carbocycles. The molecule has 2 saturated heterocycles. The molecule has 4 heterocycles. The molecule has 0 bridgehead atoms. The van der Waals surface area contributed by atoms with Gasteiger partial charge in [-0.1, -0.05) is 11.3 Å². The Morgan fingerprint density at radius 3 is 2.47 bits per heavy atom. The van der Waals surface area contributed by atoms with E-state index in [2.05, 4.69) is 11.2 Å². The molecule has 0 unspecified atom stereocenters. The molecule has 4 aromatic rings. The number of nitriles is 1. The maximum atomic E-state index is 15.7. The topological polar surface area (TPSA) is 105 Å². The third kappa shape index (κ3) is 6.22. The summed E-state index contributed by atoms with van der Waals surface area (Å²) in [4.78, 5) is 23.2. The van der Waals surface area contributed by atoms with Gasteiger partial charge in [-0.3, -0.25) is 9.69 Å². The molecule has 0 radical (unpaired) electrons. The fraction of sp³-hybridized carbons (Fsp3) is 0.419. The number of carbonyl (C=O) groups is 1. The van der Waals surface area contributed by atoms with Crippen LogP contribution in [0.1, 0.15) is 18.7 Å². The molecule has 1 atom stereocenters. The van der Waals surface area contributed by atoms with Crippen LogP contribution in [0.3, 0.4) is 0 Å². The van der Waals surface area contributed by atoms with Gasteiger partial charge in [-0.25, -0.2) is 18.4 Å². The van der Waals surface area contributed by atoms with Crippen LogP contribution in [0.2, 0.25) is 0 Å². The monoisotopic (exact) mass is 674 g/mol. The van der Waals surface area contributed by atoms with E-state index in [1.165, 1.54) is 40.1 Å². The number of β-amino-alcohol motifs (C(OH)–C–C–N with tert-alkyl or cyclic N) is 1. The molecule has 47 heavy (non-hydrogen) atoms. The second-order valence-electron chi connectivity index (χ2n) is 11.4. The predicted molar refractivity (Wildman–Crippen MR) is 166 cm³/mol. The number of anilines is 3. The summed E-state index contributed by atoms with van der Waals surface area (Å²) in [6.45, 7) is 3.63. The van der Waals surface area contributed by atoms with Crippen molar-refractivity contribution in [1.82, 2.24) is 24.6 Å². The molecule has 2 fully saturated rings. The van der Waals surface area contributed by atoms with E-state index in [4.69, 9.17) is 4.98 Å². The molecule has 16 heteroatoms. The van der Waals surface area contributed by atoms with Gasteiger partial charge in [0.15, 0.2) is 10.9 Å². The van der Waals surface area contributed by atoms with Crippen LogP contribution < -0.4 is 9.80 Å². The van der Waals surface area contributed by atoms with Crippen LogP contribution in [-0.4, -0.2) is 99.7 Å². The van der Waals surface area contributed by atoms with Crippen LogP contribution in [0.5, 0.6) is 0 Å². The number of likely N-dealkylation sites (tertiary alicyclic amines) is 1. The minimum Gasteiger partial charge on any atom is -0.389 e. The maximum Gasteiger partial charge on any atom is 0.405 e. The van der Waals surface area contributed by atoms with E-state index in [0.29, 0.717) is 45.6 Å². The van der Waals surface area contributed by atoms with E-state index >= 15 is 4.39 Å². The Bertz CT molecular complexity index is 1830. The zero-order chi connectivity index (χ0) is 33.6. The van der Waals surface area contributed by atoms with Gasteiger partial charge < -0.3 is 19.8 Å². The largest absolute Gasteiger partial charge is 0.405 e. The van der Waals surface area contributed by atoms with Gasteiger partial charge in [-0.05, 0) is 50.2 Å². The first-order chi connectivity index (χ1) is 22.4. The molecule has 0 spiro atoms. The van der Waals surface area contributed by atoms with Gasteiger partial charge in [0.2, 0.25) is 5.91 Å². The van der Waals surface area contributed by atoms with Crippen molar-refractivity contribution < 1.29 is 31.9 Å². The number of amides is 1. The number of aliphatic hydroxyl groups excluding tert-OH is 1. The van der Waals surface area contributed by atoms with Crippen molar-refractivity contribution in [2.45, 2.75) is 38.7 Å². The summed E-state index contributed by atoms with van der Waals surface area (Å²) in [5.74, 6) is -1.16. The molecule has 248 valence electrons. The Hall–Kier alpha value is -4.33. The van der Waals surface area contributed by atoms with Crippen molar-refractivity contribution >= 4 is 44.8 Å². The number of aliphatic hydroxyl groups is 1. The van der Waals surface area contributed by atoms with Crippen LogP contribution in [0, 0.1) is 23.0 Å². The van der Waals surface area contributed by atoms with Crippen LogP contribution in [-0.2, 0) is 11.3 Å². The second-order valence-corrected chi connectivity index (χ2v) is 12.4. The van der Waals surface area contributed by atoms with Gasteiger partial charge in [-0.15, -0.1) is 0 Å². The number of rotatable bonds is 8. The van der Waals surface area contributed by atoms with Crippen LogP contribution >= 0.6 is 11.3 Å². The maximum absolute atomic E-state index is 15.7. The van der Waals surface area contributed by atoms with Crippen molar-refractivity contribution in [1.29, 1.82) is 5.26 Å². The number of alkyl halides is 3. The summed E-state index contributed by atoms with van der Waals surface area (Å²) in [6, 6.07) is 8.56. The first kappa shape index (κ1) is 32.6. The molecular formula is C31H31F5N8O2S. The number of halogens is 5. The molecule has 10 nitrogen and oxygen atoms in total. The normalized spacial score (nSPS) is 17.6. The number of aromatic nitrogens is 3. The van der Waals surface area contributed by atoms with E-state index in [9.17, 15) is 32.7 Å². The Morgan fingerprint density at radius 1 is 1.13 bits per heavy atom. The van der Waals surface area contributed by atoms with Gasteiger partial charge in [0.1, 0.15) is 39.8 Å². The van der Waals surface area contributed by atoms with E-state index in [-0.39, 0.29) is 37.4 Å². The average Bonchev–Trinajstić information content (AvgIpc) is 3.62. The SMILES string of the molecule is CCN(c1nc(-c2ccc(F)cc2)c(C#N)s1)c1c2cc(N3CCN(CC(=O)N4CC(O)C4)[C@H](C(F)(F)F)C3)cc(F)c2nn1CC. The summed E-state index contributed by atoms with van der Waals surface area (Å²) in [7, 11) is 0. The number of thiazole rings is 1. The summed E-state index contributed by atoms with van der Waals surface area (Å²) in [5.41, 5.74) is 1.18. The fourth-order valence-corrected chi connectivity index (χ4v) is 6.97. The van der Waals surface area contributed by atoms with Crippen molar-refractivity contribution in [2.75, 3.05) is 55.6 Å². The van der Waals surface area contributed by atoms with Gasteiger partial charge in [0.05, 0.1) is 12.6 Å². The highest BCUT2D eigenvalue weighted by Crippen LogP contribution is 2.41. The minimum absolute atomic E-state index is 0.0354. The molecule has 2 aliphatic heterocycles. The summed E-state index contributed by atoms with van der Waals surface area (Å²) < 4.78 is 73.8. The number of fused-ring (bicyclic) bond motifs is 1.